The van der Waals surface area contributed by atoms with Gasteiger partial charge in [0.1, 0.15) is 0 Å². The Morgan fingerprint density at radius 3 is 1.70 bits per heavy atom. The van der Waals surface area contributed by atoms with Gasteiger partial charge in [0, 0.05) is 0 Å². The molecule has 0 aromatic heterocycles. The summed E-state index contributed by atoms with van der Waals surface area (Å²) < 4.78 is 6.35. The van der Waals surface area contributed by atoms with Crippen molar-refractivity contribution in [3.05, 3.63) is 0 Å². The summed E-state index contributed by atoms with van der Waals surface area (Å²) in [6, 6.07) is 0. The van der Waals surface area contributed by atoms with Crippen LogP contribution in [0, 0.1) is 17.8 Å². The zero-order valence-electron chi connectivity index (χ0n) is 17.3. The van der Waals surface area contributed by atoms with E-state index in [1.807, 2.05) is 0 Å². The maximum atomic E-state index is 2.56. The van der Waals surface area contributed by atoms with Gasteiger partial charge in [-0.2, -0.15) is 0 Å². The Hall–Kier alpha value is 0.799. The molecule has 0 amide bonds. The maximum absolute atomic E-state index is 2.56. The first-order valence-electron chi connectivity index (χ1n) is 11.0. The minimum absolute atomic E-state index is 0.924. The topological polar surface area (TPSA) is 0 Å². The fraction of sp³-hybridized carbons (Fsp3) is 1.00. The van der Waals surface area contributed by atoms with Crippen LogP contribution in [0.25, 0.3) is 0 Å². The molecular formula is C22H46Sn. The molecule has 3 unspecified atom stereocenters. The molecule has 3 atom stereocenters. The minimum atomic E-state index is -2.04. The molecule has 0 bridgehead atoms. The first-order chi connectivity index (χ1) is 11.0. The fourth-order valence-electron chi connectivity index (χ4n) is 5.42. The summed E-state index contributed by atoms with van der Waals surface area (Å²) >= 11 is -2.04. The number of hydrogen-bond donors (Lipinski definition) is 0. The van der Waals surface area contributed by atoms with Crippen LogP contribution in [0.5, 0.6) is 0 Å². The van der Waals surface area contributed by atoms with Gasteiger partial charge in [-0.25, -0.2) is 0 Å². The molecule has 0 aromatic rings. The van der Waals surface area contributed by atoms with E-state index in [1.54, 1.807) is 45.4 Å². The molecule has 0 heterocycles. The van der Waals surface area contributed by atoms with Crippen molar-refractivity contribution >= 4 is 18.4 Å². The Kier molecular flexibility index (Phi) is 10.8. The second kappa shape index (κ2) is 11.4. The summed E-state index contributed by atoms with van der Waals surface area (Å²) in [4.78, 5) is 0. The van der Waals surface area contributed by atoms with Gasteiger partial charge in [0.2, 0.25) is 0 Å². The molecule has 0 aliphatic heterocycles. The van der Waals surface area contributed by atoms with Crippen molar-refractivity contribution in [2.75, 3.05) is 0 Å². The Morgan fingerprint density at radius 2 is 1.30 bits per heavy atom. The van der Waals surface area contributed by atoms with Crippen LogP contribution in [0.4, 0.5) is 0 Å². The average Bonchev–Trinajstić information content (AvgIpc) is 2.54. The first kappa shape index (κ1) is 21.8. The summed E-state index contributed by atoms with van der Waals surface area (Å²) in [5.74, 6) is 3.01. The van der Waals surface area contributed by atoms with E-state index in [0.717, 1.165) is 17.8 Å². The predicted molar refractivity (Wildman–Crippen MR) is 110 cm³/mol. The monoisotopic (exact) mass is 430 g/mol. The summed E-state index contributed by atoms with van der Waals surface area (Å²) in [5, 5.41) is 0. The number of hydrogen-bond acceptors (Lipinski definition) is 0. The van der Waals surface area contributed by atoms with Crippen LogP contribution >= 0.6 is 0 Å². The van der Waals surface area contributed by atoms with Gasteiger partial charge in [-0.3, -0.25) is 0 Å². The van der Waals surface area contributed by atoms with Crippen molar-refractivity contribution in [2.24, 2.45) is 17.8 Å². The van der Waals surface area contributed by atoms with Gasteiger partial charge in [-0.05, 0) is 0 Å². The summed E-state index contributed by atoms with van der Waals surface area (Å²) in [6.07, 6.45) is 13.6. The molecule has 0 radical (unpaired) electrons. The van der Waals surface area contributed by atoms with E-state index in [1.165, 1.54) is 29.6 Å². The molecule has 1 aliphatic carbocycles. The molecule has 1 aliphatic rings. The van der Waals surface area contributed by atoms with Crippen molar-refractivity contribution < 1.29 is 0 Å². The second-order valence-corrected chi connectivity index (χ2v) is 23.3. The number of unbranched alkanes of at least 4 members (excludes halogenated alkanes) is 3. The Balaban J connectivity index is 3.07. The van der Waals surface area contributed by atoms with Crippen LogP contribution in [0.2, 0.25) is 17.2 Å². The van der Waals surface area contributed by atoms with Gasteiger partial charge in [-0.15, -0.1) is 0 Å². The molecule has 0 nitrogen and oxygen atoms in total. The quantitative estimate of drug-likeness (QED) is 0.290. The molecule has 1 fully saturated rings. The van der Waals surface area contributed by atoms with E-state index in [0.29, 0.717) is 0 Å². The van der Waals surface area contributed by atoms with Crippen LogP contribution < -0.4 is 0 Å². The summed E-state index contributed by atoms with van der Waals surface area (Å²) in [7, 11) is 0. The third-order valence-corrected chi connectivity index (χ3v) is 24.8. The van der Waals surface area contributed by atoms with Crippen LogP contribution in [-0.2, 0) is 0 Å². The zero-order chi connectivity index (χ0) is 17.3. The van der Waals surface area contributed by atoms with Crippen LogP contribution in [-0.4, -0.2) is 18.4 Å². The van der Waals surface area contributed by atoms with Crippen molar-refractivity contribution in [1.29, 1.82) is 0 Å². The van der Waals surface area contributed by atoms with Crippen LogP contribution in [0.1, 0.15) is 99.3 Å². The van der Waals surface area contributed by atoms with E-state index >= 15 is 0 Å². The van der Waals surface area contributed by atoms with Crippen molar-refractivity contribution in [1.82, 2.24) is 0 Å². The average molecular weight is 429 g/mol. The van der Waals surface area contributed by atoms with Gasteiger partial charge in [0.15, 0.2) is 0 Å². The van der Waals surface area contributed by atoms with Crippen LogP contribution in [0.3, 0.4) is 0 Å². The van der Waals surface area contributed by atoms with E-state index in [2.05, 4.69) is 41.5 Å². The van der Waals surface area contributed by atoms with Gasteiger partial charge in [0.25, 0.3) is 0 Å². The molecule has 0 N–H and O–H groups in total. The molecule has 1 saturated carbocycles. The molecule has 1 heteroatoms. The van der Waals surface area contributed by atoms with Gasteiger partial charge >= 0.3 is 153 Å². The standard InChI is InChI=1S/C10H19.3C4H9.Sn/c1-8(2)10-6-4-9(3)5-7-10;3*1-3-4-2;/h6,8-10H,4-5,7H2,1-3H3;3*1,3-4H2,2H3;. The van der Waals surface area contributed by atoms with E-state index < -0.39 is 18.4 Å². The van der Waals surface area contributed by atoms with E-state index in [-0.39, 0.29) is 0 Å². The van der Waals surface area contributed by atoms with Crippen LogP contribution in [0.15, 0.2) is 0 Å². The third-order valence-electron chi connectivity index (χ3n) is 6.89. The van der Waals surface area contributed by atoms with E-state index in [9.17, 15) is 0 Å². The molecule has 0 saturated heterocycles. The Morgan fingerprint density at radius 1 is 0.826 bits per heavy atom. The molecule has 138 valence electrons. The molecule has 0 spiro atoms. The summed E-state index contributed by atoms with van der Waals surface area (Å²) in [5.41, 5.74) is 0. The predicted octanol–water partition coefficient (Wildman–Crippen LogP) is 8.30. The SMILES string of the molecule is CCC[CH2][Sn]([CH2]CCC)([CH2]CCC)[CH]1CC(C)CCC1C(C)C. The summed E-state index contributed by atoms with van der Waals surface area (Å²) in [6.45, 7) is 14.9. The van der Waals surface area contributed by atoms with Gasteiger partial charge in [-0.1, -0.05) is 0 Å². The molecule has 0 aromatic carbocycles. The van der Waals surface area contributed by atoms with Crippen molar-refractivity contribution in [3.8, 4) is 0 Å². The van der Waals surface area contributed by atoms with E-state index in [4.69, 9.17) is 0 Å². The Bertz CT molecular complexity index is 275. The number of rotatable bonds is 11. The third kappa shape index (κ3) is 6.55. The second-order valence-electron chi connectivity index (χ2n) is 9.11. The molecule has 23 heavy (non-hydrogen) atoms. The van der Waals surface area contributed by atoms with Gasteiger partial charge < -0.3 is 0 Å². The Labute approximate surface area is 152 Å². The van der Waals surface area contributed by atoms with Crippen molar-refractivity contribution in [3.63, 3.8) is 0 Å². The zero-order valence-corrected chi connectivity index (χ0v) is 20.1. The molecular weight excluding hydrogens is 383 g/mol. The normalized spacial score (nSPS) is 26.0. The molecule has 1 rings (SSSR count). The first-order valence-corrected chi connectivity index (χ1v) is 18.7. The van der Waals surface area contributed by atoms with Crippen molar-refractivity contribution in [2.45, 2.75) is 117 Å². The fourth-order valence-corrected chi connectivity index (χ4v) is 26.5. The van der Waals surface area contributed by atoms with Gasteiger partial charge in [0.05, 0.1) is 0 Å².